The summed E-state index contributed by atoms with van der Waals surface area (Å²) in [6.07, 6.45) is 2.27. The van der Waals surface area contributed by atoms with Crippen LogP contribution in [-0.2, 0) is 19.2 Å². The number of rotatable bonds is 3. The second-order valence-electron chi connectivity index (χ2n) is 1.84. The van der Waals surface area contributed by atoms with E-state index in [0.29, 0.717) is 5.06 Å². The third-order valence-electron chi connectivity index (χ3n) is 1.07. The number of hydrogen-bond acceptors (Lipinski definition) is 4. The Morgan fingerprint density at radius 2 is 1.91 bits per heavy atom. The van der Waals surface area contributed by atoms with Gasteiger partial charge in [-0.25, -0.2) is 4.84 Å². The van der Waals surface area contributed by atoms with E-state index in [4.69, 9.17) is 0 Å². The Labute approximate surface area is 63.1 Å². The highest BCUT2D eigenvalue weighted by Crippen LogP contribution is 2.03. The Balaban J connectivity index is 2.46. The van der Waals surface area contributed by atoms with E-state index >= 15 is 0 Å². The van der Waals surface area contributed by atoms with Gasteiger partial charge in [0.1, 0.15) is 0 Å². The summed E-state index contributed by atoms with van der Waals surface area (Å²) in [7, 11) is 1.40. The molecule has 0 radical (unpaired) electrons. The second kappa shape index (κ2) is 3.27. The van der Waals surface area contributed by atoms with E-state index in [1.165, 1.54) is 7.11 Å². The molecule has 0 aliphatic carbocycles. The molecule has 0 spiro atoms. The van der Waals surface area contributed by atoms with Gasteiger partial charge in [0.15, 0.2) is 6.79 Å². The molecule has 0 aromatic rings. The molecular formula is C6H7NO4. The summed E-state index contributed by atoms with van der Waals surface area (Å²) in [5.74, 6) is -0.959. The average Bonchev–Trinajstić information content (AvgIpc) is 2.29. The lowest BCUT2D eigenvalue weighted by atomic mass is 10.6. The maximum atomic E-state index is 10.7. The third kappa shape index (κ3) is 1.63. The minimum absolute atomic E-state index is 0.112. The highest BCUT2D eigenvalue weighted by atomic mass is 16.8. The predicted octanol–water partition coefficient (Wildman–Crippen LogP) is -0.553. The van der Waals surface area contributed by atoms with E-state index in [0.717, 1.165) is 12.2 Å². The van der Waals surface area contributed by atoms with Gasteiger partial charge in [0.05, 0.1) is 0 Å². The van der Waals surface area contributed by atoms with Gasteiger partial charge in [-0.1, -0.05) is 0 Å². The summed E-state index contributed by atoms with van der Waals surface area (Å²) in [5, 5.41) is 0.642. The van der Waals surface area contributed by atoms with Crippen LogP contribution in [0.3, 0.4) is 0 Å². The molecule has 0 atom stereocenters. The molecule has 5 nitrogen and oxygen atoms in total. The van der Waals surface area contributed by atoms with Gasteiger partial charge in [0.25, 0.3) is 11.8 Å². The summed E-state index contributed by atoms with van der Waals surface area (Å²) in [5.41, 5.74) is 0. The van der Waals surface area contributed by atoms with Crippen LogP contribution in [-0.4, -0.2) is 30.8 Å². The Bertz CT molecular complexity index is 193. The van der Waals surface area contributed by atoms with Crippen molar-refractivity contribution in [3.8, 4) is 0 Å². The second-order valence-corrected chi connectivity index (χ2v) is 1.84. The molecular weight excluding hydrogens is 150 g/mol. The number of methoxy groups -OCH3 is 1. The number of ether oxygens (including phenoxy) is 1. The van der Waals surface area contributed by atoms with E-state index in [1.807, 2.05) is 0 Å². The molecule has 0 N–H and O–H groups in total. The van der Waals surface area contributed by atoms with Gasteiger partial charge in [0, 0.05) is 19.3 Å². The van der Waals surface area contributed by atoms with Crippen LogP contribution in [0.15, 0.2) is 12.2 Å². The van der Waals surface area contributed by atoms with Crippen molar-refractivity contribution in [3.05, 3.63) is 12.2 Å². The van der Waals surface area contributed by atoms with Crippen LogP contribution >= 0.6 is 0 Å². The van der Waals surface area contributed by atoms with Gasteiger partial charge in [-0.3, -0.25) is 9.59 Å². The first-order chi connectivity index (χ1) is 5.25. The number of imide groups is 1. The standard InChI is InChI=1S/C6H7NO4/c1-10-4-11-7-5(8)2-3-6(7)9/h2-3H,4H2,1H3. The van der Waals surface area contributed by atoms with E-state index in [-0.39, 0.29) is 6.79 Å². The molecule has 0 saturated heterocycles. The molecule has 0 aromatic carbocycles. The van der Waals surface area contributed by atoms with Crippen molar-refractivity contribution in [3.63, 3.8) is 0 Å². The topological polar surface area (TPSA) is 55.8 Å². The molecule has 0 unspecified atom stereocenters. The molecule has 0 bridgehead atoms. The fourth-order valence-electron chi connectivity index (χ4n) is 0.619. The van der Waals surface area contributed by atoms with Crippen LogP contribution in [0.25, 0.3) is 0 Å². The Morgan fingerprint density at radius 1 is 1.36 bits per heavy atom. The van der Waals surface area contributed by atoms with Crippen molar-refractivity contribution in [2.45, 2.75) is 0 Å². The third-order valence-corrected chi connectivity index (χ3v) is 1.07. The summed E-state index contributed by atoms with van der Waals surface area (Å²) in [6, 6.07) is 0. The largest absolute Gasteiger partial charge is 0.356 e. The Morgan fingerprint density at radius 3 is 2.36 bits per heavy atom. The van der Waals surface area contributed by atoms with Crippen molar-refractivity contribution in [2.24, 2.45) is 0 Å². The minimum Gasteiger partial charge on any atom is -0.356 e. The highest BCUT2D eigenvalue weighted by Gasteiger charge is 2.24. The first kappa shape index (κ1) is 7.90. The predicted molar refractivity (Wildman–Crippen MR) is 34.0 cm³/mol. The molecule has 0 saturated carbocycles. The lowest BCUT2D eigenvalue weighted by Gasteiger charge is -2.11. The zero-order valence-corrected chi connectivity index (χ0v) is 5.94. The van der Waals surface area contributed by atoms with Gasteiger partial charge in [-0.2, -0.15) is 0 Å². The SMILES string of the molecule is COCON1C(=O)C=CC1=O. The number of carbonyl (C=O) groups excluding carboxylic acids is 2. The summed E-state index contributed by atoms with van der Waals surface area (Å²) in [6.45, 7) is -0.112. The van der Waals surface area contributed by atoms with Crippen LogP contribution in [0.5, 0.6) is 0 Å². The van der Waals surface area contributed by atoms with Crippen molar-refractivity contribution >= 4 is 11.8 Å². The fourth-order valence-corrected chi connectivity index (χ4v) is 0.619. The summed E-state index contributed by atoms with van der Waals surface area (Å²) in [4.78, 5) is 26.1. The smallest absolute Gasteiger partial charge is 0.278 e. The zero-order valence-electron chi connectivity index (χ0n) is 5.94. The van der Waals surface area contributed by atoms with E-state index in [2.05, 4.69) is 9.57 Å². The molecule has 60 valence electrons. The van der Waals surface area contributed by atoms with E-state index < -0.39 is 11.8 Å². The van der Waals surface area contributed by atoms with Crippen molar-refractivity contribution < 1.29 is 19.2 Å². The Hall–Kier alpha value is -1.20. The first-order valence-electron chi connectivity index (χ1n) is 2.93. The number of nitrogens with zero attached hydrogens (tertiary/aromatic N) is 1. The summed E-state index contributed by atoms with van der Waals surface area (Å²) < 4.78 is 4.50. The molecule has 1 aliphatic heterocycles. The van der Waals surface area contributed by atoms with E-state index in [1.54, 1.807) is 0 Å². The summed E-state index contributed by atoms with van der Waals surface area (Å²) >= 11 is 0. The lowest BCUT2D eigenvalue weighted by Crippen LogP contribution is -2.30. The Kier molecular flexibility index (Phi) is 2.35. The number of hydrogen-bond donors (Lipinski definition) is 0. The van der Waals surface area contributed by atoms with Gasteiger partial charge in [-0.15, -0.1) is 5.06 Å². The zero-order chi connectivity index (χ0) is 8.27. The molecule has 1 aliphatic rings. The molecule has 2 amide bonds. The number of amides is 2. The van der Waals surface area contributed by atoms with Crippen LogP contribution in [0, 0.1) is 0 Å². The molecule has 1 rings (SSSR count). The molecule has 5 heteroatoms. The average molecular weight is 157 g/mol. The molecule has 0 aromatic heterocycles. The molecule has 11 heavy (non-hydrogen) atoms. The monoisotopic (exact) mass is 157 g/mol. The normalized spacial score (nSPS) is 16.6. The van der Waals surface area contributed by atoms with Crippen molar-refractivity contribution in [1.29, 1.82) is 0 Å². The highest BCUT2D eigenvalue weighted by molar-refractivity contribution is 6.11. The van der Waals surface area contributed by atoms with Gasteiger partial charge in [0.2, 0.25) is 0 Å². The number of hydroxylamine groups is 2. The van der Waals surface area contributed by atoms with Crippen LogP contribution in [0.2, 0.25) is 0 Å². The van der Waals surface area contributed by atoms with Crippen LogP contribution < -0.4 is 0 Å². The minimum atomic E-state index is -0.480. The van der Waals surface area contributed by atoms with Gasteiger partial charge < -0.3 is 4.74 Å². The number of carbonyl (C=O) groups is 2. The fraction of sp³-hybridized carbons (Fsp3) is 0.333. The quantitative estimate of drug-likeness (QED) is 0.407. The maximum Gasteiger partial charge on any atom is 0.278 e. The van der Waals surface area contributed by atoms with Crippen LogP contribution in [0.1, 0.15) is 0 Å². The van der Waals surface area contributed by atoms with Crippen molar-refractivity contribution in [2.75, 3.05) is 13.9 Å². The van der Waals surface area contributed by atoms with E-state index in [9.17, 15) is 9.59 Å². The maximum absolute atomic E-state index is 10.7. The van der Waals surface area contributed by atoms with Gasteiger partial charge >= 0.3 is 0 Å². The molecule has 1 heterocycles. The van der Waals surface area contributed by atoms with Crippen LogP contribution in [0.4, 0.5) is 0 Å². The van der Waals surface area contributed by atoms with Crippen molar-refractivity contribution in [1.82, 2.24) is 5.06 Å². The molecule has 0 fully saturated rings. The van der Waals surface area contributed by atoms with Gasteiger partial charge in [-0.05, 0) is 0 Å². The lowest BCUT2D eigenvalue weighted by molar-refractivity contribution is -0.211. The first-order valence-corrected chi connectivity index (χ1v) is 2.93.